The molecule has 0 spiro atoms. The second kappa shape index (κ2) is 4.45. The van der Waals surface area contributed by atoms with E-state index in [4.69, 9.17) is 5.73 Å². The van der Waals surface area contributed by atoms with Crippen molar-refractivity contribution in [2.45, 2.75) is 19.3 Å². The fourth-order valence-corrected chi connectivity index (χ4v) is 1.84. The molecule has 1 aromatic heterocycles. The van der Waals surface area contributed by atoms with Crippen molar-refractivity contribution >= 4 is 10.9 Å². The number of hydrogen-bond donors (Lipinski definition) is 1. The van der Waals surface area contributed by atoms with Crippen molar-refractivity contribution in [2.75, 3.05) is 6.54 Å². The summed E-state index contributed by atoms with van der Waals surface area (Å²) in [6, 6.07) is 6.54. The summed E-state index contributed by atoms with van der Waals surface area (Å²) in [4.78, 5) is 0. The Kier molecular flexibility index (Phi) is 3.02. The molecular formula is C12H17N3. The molecule has 1 heterocycles. The maximum atomic E-state index is 5.47. The molecule has 0 saturated carbocycles. The van der Waals surface area contributed by atoms with E-state index in [1.165, 1.54) is 22.9 Å². The topological polar surface area (TPSA) is 43.8 Å². The number of nitrogens with zero attached hydrogens (tertiary/aromatic N) is 2. The van der Waals surface area contributed by atoms with Crippen molar-refractivity contribution in [3.05, 3.63) is 30.0 Å². The summed E-state index contributed by atoms with van der Waals surface area (Å²) in [5, 5.41) is 5.45. The Labute approximate surface area is 89.9 Å². The maximum absolute atomic E-state index is 5.47. The second-order valence-corrected chi connectivity index (χ2v) is 3.91. The maximum Gasteiger partial charge on any atom is 0.0679 e. The summed E-state index contributed by atoms with van der Waals surface area (Å²) in [6.07, 6.45) is 5.30. The van der Waals surface area contributed by atoms with Gasteiger partial charge in [0, 0.05) is 12.4 Å². The van der Waals surface area contributed by atoms with E-state index in [1.54, 1.807) is 0 Å². The summed E-state index contributed by atoms with van der Waals surface area (Å²) in [5.74, 6) is 0. The quantitative estimate of drug-likeness (QED) is 0.771. The highest BCUT2D eigenvalue weighted by Gasteiger charge is 2.00. The molecule has 0 saturated heterocycles. The summed E-state index contributed by atoms with van der Waals surface area (Å²) in [7, 11) is 1.97. The lowest BCUT2D eigenvalue weighted by Gasteiger charge is -2.01. The van der Waals surface area contributed by atoms with Gasteiger partial charge in [-0.15, -0.1) is 0 Å². The van der Waals surface area contributed by atoms with Crippen LogP contribution in [0, 0.1) is 0 Å². The van der Waals surface area contributed by atoms with Crippen LogP contribution in [0.1, 0.15) is 18.4 Å². The molecule has 0 unspecified atom stereocenters. The number of hydrogen-bond acceptors (Lipinski definition) is 2. The summed E-state index contributed by atoms with van der Waals surface area (Å²) >= 11 is 0. The fourth-order valence-electron chi connectivity index (χ4n) is 1.84. The van der Waals surface area contributed by atoms with Crippen LogP contribution in [0.3, 0.4) is 0 Å². The van der Waals surface area contributed by atoms with E-state index in [1.807, 2.05) is 17.9 Å². The molecule has 3 heteroatoms. The molecule has 0 radical (unpaired) electrons. The smallest absolute Gasteiger partial charge is 0.0679 e. The van der Waals surface area contributed by atoms with Crippen LogP contribution < -0.4 is 5.73 Å². The van der Waals surface area contributed by atoms with Crippen LogP contribution in [-0.2, 0) is 13.5 Å². The van der Waals surface area contributed by atoms with E-state index in [0.29, 0.717) is 0 Å². The van der Waals surface area contributed by atoms with Gasteiger partial charge in [-0.3, -0.25) is 4.68 Å². The first-order valence-electron chi connectivity index (χ1n) is 5.42. The van der Waals surface area contributed by atoms with Gasteiger partial charge in [0.05, 0.1) is 11.7 Å². The molecule has 0 fully saturated rings. The lowest BCUT2D eigenvalue weighted by atomic mass is 10.1. The minimum atomic E-state index is 0.787. The van der Waals surface area contributed by atoms with Crippen molar-refractivity contribution in [2.24, 2.45) is 12.8 Å². The number of aryl methyl sites for hydroxylation is 2. The van der Waals surface area contributed by atoms with Crippen LogP contribution in [0.2, 0.25) is 0 Å². The molecule has 2 N–H and O–H groups in total. The molecule has 3 nitrogen and oxygen atoms in total. The van der Waals surface area contributed by atoms with Crippen molar-refractivity contribution in [3.63, 3.8) is 0 Å². The Hall–Kier alpha value is -1.35. The Bertz CT molecular complexity index is 445. The SMILES string of the molecule is Cn1ncc2cc(CCCCN)ccc21. The summed E-state index contributed by atoms with van der Waals surface area (Å²) in [5.41, 5.74) is 8.04. The minimum absolute atomic E-state index is 0.787. The normalized spacial score (nSPS) is 11.1. The van der Waals surface area contributed by atoms with Crippen LogP contribution in [-0.4, -0.2) is 16.3 Å². The third-order valence-electron chi connectivity index (χ3n) is 2.73. The molecule has 2 aromatic rings. The van der Waals surface area contributed by atoms with Crippen LogP contribution in [0.25, 0.3) is 10.9 Å². The van der Waals surface area contributed by atoms with E-state index >= 15 is 0 Å². The lowest BCUT2D eigenvalue weighted by Crippen LogP contribution is -1.98. The van der Waals surface area contributed by atoms with Crippen molar-refractivity contribution < 1.29 is 0 Å². The Morgan fingerprint density at radius 3 is 3.00 bits per heavy atom. The standard InChI is InChI=1S/C12H17N3/c1-15-12-6-5-10(4-2-3-7-13)8-11(12)9-14-15/h5-6,8-9H,2-4,7,13H2,1H3. The van der Waals surface area contributed by atoms with Crippen LogP contribution in [0.15, 0.2) is 24.4 Å². The van der Waals surface area contributed by atoms with Gasteiger partial charge in [-0.1, -0.05) is 6.07 Å². The minimum Gasteiger partial charge on any atom is -0.330 e. The van der Waals surface area contributed by atoms with Gasteiger partial charge in [-0.2, -0.15) is 5.10 Å². The second-order valence-electron chi connectivity index (χ2n) is 3.91. The van der Waals surface area contributed by atoms with Gasteiger partial charge in [0.25, 0.3) is 0 Å². The first-order chi connectivity index (χ1) is 7.31. The monoisotopic (exact) mass is 203 g/mol. The molecule has 0 amide bonds. The number of fused-ring (bicyclic) bond motifs is 1. The lowest BCUT2D eigenvalue weighted by molar-refractivity contribution is 0.745. The zero-order chi connectivity index (χ0) is 10.7. The largest absolute Gasteiger partial charge is 0.330 e. The number of rotatable bonds is 4. The van der Waals surface area contributed by atoms with Gasteiger partial charge in [0.2, 0.25) is 0 Å². The van der Waals surface area contributed by atoms with E-state index in [-0.39, 0.29) is 0 Å². The zero-order valence-electron chi connectivity index (χ0n) is 9.11. The van der Waals surface area contributed by atoms with E-state index < -0.39 is 0 Å². The summed E-state index contributed by atoms with van der Waals surface area (Å²) in [6.45, 7) is 0.787. The van der Waals surface area contributed by atoms with Crippen molar-refractivity contribution in [3.8, 4) is 0 Å². The third kappa shape index (κ3) is 2.18. The van der Waals surface area contributed by atoms with Gasteiger partial charge < -0.3 is 5.73 Å². The Morgan fingerprint density at radius 1 is 1.33 bits per heavy atom. The van der Waals surface area contributed by atoms with Crippen molar-refractivity contribution in [1.29, 1.82) is 0 Å². The predicted octanol–water partition coefficient (Wildman–Crippen LogP) is 1.85. The molecule has 0 aliphatic heterocycles. The van der Waals surface area contributed by atoms with Gasteiger partial charge >= 0.3 is 0 Å². The van der Waals surface area contributed by atoms with Crippen LogP contribution in [0.5, 0.6) is 0 Å². The zero-order valence-corrected chi connectivity index (χ0v) is 9.11. The highest BCUT2D eigenvalue weighted by molar-refractivity contribution is 5.79. The van der Waals surface area contributed by atoms with Crippen molar-refractivity contribution in [1.82, 2.24) is 9.78 Å². The van der Waals surface area contributed by atoms with E-state index in [0.717, 1.165) is 19.4 Å². The molecule has 0 bridgehead atoms. The average Bonchev–Trinajstić information content (AvgIpc) is 2.61. The van der Waals surface area contributed by atoms with E-state index in [2.05, 4.69) is 23.3 Å². The number of nitrogens with two attached hydrogens (primary N) is 1. The third-order valence-corrected chi connectivity index (χ3v) is 2.73. The highest BCUT2D eigenvalue weighted by Crippen LogP contribution is 2.16. The molecule has 1 aromatic carbocycles. The van der Waals surface area contributed by atoms with E-state index in [9.17, 15) is 0 Å². The van der Waals surface area contributed by atoms with Crippen LogP contribution in [0.4, 0.5) is 0 Å². The Balaban J connectivity index is 2.16. The molecular weight excluding hydrogens is 186 g/mol. The molecule has 80 valence electrons. The van der Waals surface area contributed by atoms with Gasteiger partial charge in [-0.25, -0.2) is 0 Å². The predicted molar refractivity (Wildman–Crippen MR) is 62.7 cm³/mol. The molecule has 2 rings (SSSR count). The van der Waals surface area contributed by atoms with Gasteiger partial charge in [-0.05, 0) is 43.5 Å². The van der Waals surface area contributed by atoms with Gasteiger partial charge in [0.15, 0.2) is 0 Å². The molecule has 0 aliphatic carbocycles. The molecule has 0 atom stereocenters. The molecule has 0 aliphatic rings. The number of aromatic nitrogens is 2. The Morgan fingerprint density at radius 2 is 2.20 bits per heavy atom. The molecule has 15 heavy (non-hydrogen) atoms. The number of benzene rings is 1. The fraction of sp³-hybridized carbons (Fsp3) is 0.417. The number of unbranched alkanes of at least 4 members (excludes halogenated alkanes) is 1. The summed E-state index contributed by atoms with van der Waals surface area (Å²) < 4.78 is 1.90. The first kappa shape index (κ1) is 10.2. The van der Waals surface area contributed by atoms with Gasteiger partial charge in [0.1, 0.15) is 0 Å². The highest BCUT2D eigenvalue weighted by atomic mass is 15.2. The first-order valence-corrected chi connectivity index (χ1v) is 5.42. The van der Waals surface area contributed by atoms with Crippen LogP contribution >= 0.6 is 0 Å². The average molecular weight is 203 g/mol.